The Balaban J connectivity index is 1.41. The van der Waals surface area contributed by atoms with E-state index in [0.29, 0.717) is 5.02 Å². The van der Waals surface area contributed by atoms with Crippen LogP contribution in [0.4, 0.5) is 0 Å². The number of aliphatic hydroxyl groups is 1. The van der Waals surface area contributed by atoms with Gasteiger partial charge in [0, 0.05) is 42.6 Å². The first kappa shape index (κ1) is 21.8. The van der Waals surface area contributed by atoms with Crippen molar-refractivity contribution < 1.29 is 5.11 Å². The topological polar surface area (TPSA) is 36.4 Å². The fourth-order valence-corrected chi connectivity index (χ4v) is 4.45. The van der Waals surface area contributed by atoms with Crippen molar-refractivity contribution in [2.45, 2.75) is 31.8 Å². The molecule has 4 rings (SSSR count). The molecule has 0 amide bonds. The number of piperidine rings is 1. The van der Waals surface area contributed by atoms with Gasteiger partial charge in [-0.15, -0.1) is 0 Å². The summed E-state index contributed by atoms with van der Waals surface area (Å²) < 4.78 is 0. The molecule has 2 aromatic carbocycles. The van der Waals surface area contributed by atoms with Crippen LogP contribution in [0.25, 0.3) is 5.57 Å². The molecule has 4 heteroatoms. The van der Waals surface area contributed by atoms with Crippen LogP contribution in [0, 0.1) is 6.92 Å². The fraction of sp³-hybridized carbons (Fsp3) is 0.296. The van der Waals surface area contributed by atoms with Crippen molar-refractivity contribution in [3.05, 3.63) is 106 Å². The number of benzene rings is 2. The van der Waals surface area contributed by atoms with Crippen LogP contribution in [0.2, 0.25) is 5.02 Å². The van der Waals surface area contributed by atoms with Crippen molar-refractivity contribution in [2.24, 2.45) is 0 Å². The van der Waals surface area contributed by atoms with E-state index < -0.39 is 5.60 Å². The van der Waals surface area contributed by atoms with Gasteiger partial charge in [-0.3, -0.25) is 4.98 Å². The second kappa shape index (κ2) is 9.78. The molecule has 1 saturated heterocycles. The quantitative estimate of drug-likeness (QED) is 0.530. The molecule has 3 nitrogen and oxygen atoms in total. The number of likely N-dealkylation sites (tertiary alicyclic amines) is 1. The molecule has 160 valence electrons. The van der Waals surface area contributed by atoms with Gasteiger partial charge >= 0.3 is 0 Å². The SMILES string of the molecule is Cc1cccc(/C(=C/CCN2CCC(O)(c3ccc(Cl)cc3)CC2)c2cccnc2)c1. The van der Waals surface area contributed by atoms with Crippen molar-refractivity contribution in [3.63, 3.8) is 0 Å². The molecule has 0 unspecified atom stereocenters. The van der Waals surface area contributed by atoms with Crippen molar-refractivity contribution in [1.82, 2.24) is 9.88 Å². The summed E-state index contributed by atoms with van der Waals surface area (Å²) in [6.07, 6.45) is 8.51. The predicted molar refractivity (Wildman–Crippen MR) is 128 cm³/mol. The lowest BCUT2D eigenvalue weighted by Gasteiger charge is -2.38. The molecule has 1 N–H and O–H groups in total. The maximum atomic E-state index is 11.1. The predicted octanol–water partition coefficient (Wildman–Crippen LogP) is 5.85. The Morgan fingerprint density at radius 2 is 1.81 bits per heavy atom. The molecule has 0 spiro atoms. The molecule has 2 heterocycles. The van der Waals surface area contributed by atoms with E-state index in [9.17, 15) is 5.11 Å². The van der Waals surface area contributed by atoms with Gasteiger partial charge in [-0.25, -0.2) is 0 Å². The van der Waals surface area contributed by atoms with Crippen LogP contribution in [0.15, 0.2) is 79.1 Å². The van der Waals surface area contributed by atoms with Gasteiger partial charge in [0.25, 0.3) is 0 Å². The monoisotopic (exact) mass is 432 g/mol. The minimum atomic E-state index is -0.751. The van der Waals surface area contributed by atoms with Crippen LogP contribution >= 0.6 is 11.6 Å². The van der Waals surface area contributed by atoms with E-state index >= 15 is 0 Å². The molecule has 0 atom stereocenters. The average molecular weight is 433 g/mol. The Hall–Kier alpha value is -2.46. The molecular weight excluding hydrogens is 404 g/mol. The van der Waals surface area contributed by atoms with Crippen LogP contribution in [-0.2, 0) is 5.60 Å². The second-order valence-electron chi connectivity index (χ2n) is 8.40. The maximum Gasteiger partial charge on any atom is 0.0920 e. The molecule has 1 aromatic heterocycles. The smallest absolute Gasteiger partial charge is 0.0920 e. The highest BCUT2D eigenvalue weighted by molar-refractivity contribution is 6.30. The van der Waals surface area contributed by atoms with Gasteiger partial charge in [-0.05, 0) is 61.1 Å². The van der Waals surface area contributed by atoms with Gasteiger partial charge in [-0.2, -0.15) is 0 Å². The van der Waals surface area contributed by atoms with E-state index in [2.05, 4.69) is 53.2 Å². The van der Waals surface area contributed by atoms with Crippen molar-refractivity contribution in [1.29, 1.82) is 0 Å². The summed E-state index contributed by atoms with van der Waals surface area (Å²) in [5, 5.41) is 11.8. The number of aryl methyl sites for hydroxylation is 1. The number of hydrogen-bond acceptors (Lipinski definition) is 3. The van der Waals surface area contributed by atoms with E-state index in [1.807, 2.05) is 42.7 Å². The summed E-state index contributed by atoms with van der Waals surface area (Å²) in [6.45, 7) is 4.88. The Morgan fingerprint density at radius 3 is 2.48 bits per heavy atom. The summed E-state index contributed by atoms with van der Waals surface area (Å²) >= 11 is 6.00. The van der Waals surface area contributed by atoms with Gasteiger partial charge in [0.1, 0.15) is 0 Å². The Labute approximate surface area is 190 Å². The zero-order valence-electron chi connectivity index (χ0n) is 18.0. The molecule has 0 radical (unpaired) electrons. The van der Waals surface area contributed by atoms with Gasteiger partial charge in [0.2, 0.25) is 0 Å². The summed E-state index contributed by atoms with van der Waals surface area (Å²) in [5.74, 6) is 0. The molecule has 1 aliphatic rings. The average Bonchev–Trinajstić information content (AvgIpc) is 2.79. The lowest BCUT2D eigenvalue weighted by molar-refractivity contribution is -0.0254. The Kier molecular flexibility index (Phi) is 6.86. The first-order valence-corrected chi connectivity index (χ1v) is 11.3. The largest absolute Gasteiger partial charge is 0.385 e. The zero-order valence-corrected chi connectivity index (χ0v) is 18.7. The van der Waals surface area contributed by atoms with Gasteiger partial charge < -0.3 is 10.0 Å². The summed E-state index contributed by atoms with van der Waals surface area (Å²) in [6, 6.07) is 20.3. The van der Waals surface area contributed by atoms with Gasteiger partial charge in [0.15, 0.2) is 0 Å². The lowest BCUT2D eigenvalue weighted by Crippen LogP contribution is -2.42. The molecule has 1 fully saturated rings. The Bertz CT molecular complexity index is 1020. The first-order chi connectivity index (χ1) is 15.0. The highest BCUT2D eigenvalue weighted by Gasteiger charge is 2.33. The van der Waals surface area contributed by atoms with Gasteiger partial charge in [-0.1, -0.05) is 65.7 Å². The summed E-state index contributed by atoms with van der Waals surface area (Å²) in [7, 11) is 0. The number of hydrogen-bond donors (Lipinski definition) is 1. The van der Waals surface area contributed by atoms with Crippen molar-refractivity contribution in [2.75, 3.05) is 19.6 Å². The fourth-order valence-electron chi connectivity index (χ4n) is 4.32. The number of halogens is 1. The van der Waals surface area contributed by atoms with Crippen LogP contribution in [0.1, 0.15) is 41.5 Å². The standard InChI is InChI=1S/C27H29ClN2O/c1-21-5-2-6-22(19-21)26(23-7-3-15-29-20-23)8-4-16-30-17-13-27(31,14-18-30)24-9-11-25(28)12-10-24/h2-3,5-12,15,19-20,31H,4,13-14,16-18H2,1H3/b26-8-. The van der Waals surface area contributed by atoms with Crippen molar-refractivity contribution >= 4 is 17.2 Å². The maximum absolute atomic E-state index is 11.1. The van der Waals surface area contributed by atoms with Gasteiger partial charge in [0.05, 0.1) is 5.60 Å². The highest BCUT2D eigenvalue weighted by atomic mass is 35.5. The Morgan fingerprint density at radius 1 is 1.06 bits per heavy atom. The molecule has 0 aliphatic carbocycles. The molecule has 3 aromatic rings. The number of aromatic nitrogens is 1. The summed E-state index contributed by atoms with van der Waals surface area (Å²) in [5.41, 5.74) is 5.07. The van der Waals surface area contributed by atoms with Crippen LogP contribution in [-0.4, -0.2) is 34.6 Å². The van der Waals surface area contributed by atoms with E-state index in [0.717, 1.165) is 50.0 Å². The first-order valence-electron chi connectivity index (χ1n) is 10.9. The van der Waals surface area contributed by atoms with E-state index in [4.69, 9.17) is 11.6 Å². The van der Waals surface area contributed by atoms with E-state index in [1.165, 1.54) is 16.7 Å². The molecule has 1 aliphatic heterocycles. The van der Waals surface area contributed by atoms with Crippen LogP contribution in [0.5, 0.6) is 0 Å². The van der Waals surface area contributed by atoms with Crippen molar-refractivity contribution in [3.8, 4) is 0 Å². The lowest BCUT2D eigenvalue weighted by atomic mass is 9.84. The third kappa shape index (κ3) is 5.43. The summed E-state index contributed by atoms with van der Waals surface area (Å²) in [4.78, 5) is 6.76. The zero-order chi connectivity index (χ0) is 21.7. The molecule has 0 bridgehead atoms. The number of rotatable bonds is 6. The van der Waals surface area contributed by atoms with Crippen LogP contribution in [0.3, 0.4) is 0 Å². The molecular formula is C27H29ClN2O. The minimum Gasteiger partial charge on any atom is -0.385 e. The second-order valence-corrected chi connectivity index (χ2v) is 8.83. The van der Waals surface area contributed by atoms with E-state index in [1.54, 1.807) is 0 Å². The third-order valence-electron chi connectivity index (χ3n) is 6.16. The van der Waals surface area contributed by atoms with Crippen LogP contribution < -0.4 is 0 Å². The number of nitrogens with zero attached hydrogens (tertiary/aromatic N) is 2. The molecule has 0 saturated carbocycles. The highest BCUT2D eigenvalue weighted by Crippen LogP contribution is 2.33. The third-order valence-corrected chi connectivity index (χ3v) is 6.41. The molecule has 31 heavy (non-hydrogen) atoms. The normalized spacial score (nSPS) is 16.9. The minimum absolute atomic E-state index is 0.703. The number of pyridine rings is 1. The van der Waals surface area contributed by atoms with E-state index in [-0.39, 0.29) is 0 Å².